The van der Waals surface area contributed by atoms with Crippen LogP contribution < -0.4 is 4.74 Å². The second-order valence-electron chi connectivity index (χ2n) is 18.7. The van der Waals surface area contributed by atoms with Gasteiger partial charge in [0.1, 0.15) is 38.3 Å². The molecule has 14 nitrogen and oxygen atoms in total. The lowest BCUT2D eigenvalue weighted by Gasteiger charge is -2.43. The number of rotatable bonds is 34. The van der Waals surface area contributed by atoms with Crippen LogP contribution in [0.15, 0.2) is 60.2 Å². The summed E-state index contributed by atoms with van der Waals surface area (Å²) in [4.78, 5) is 26.3. The highest BCUT2D eigenvalue weighted by Crippen LogP contribution is 2.41. The largest absolute Gasteiger partial charge is 0.497 e. The number of benzene rings is 2. The molecule has 0 amide bonds. The zero-order chi connectivity index (χ0) is 49.3. The van der Waals surface area contributed by atoms with Crippen LogP contribution >= 0.6 is 0 Å². The van der Waals surface area contributed by atoms with Crippen molar-refractivity contribution in [2.24, 2.45) is 5.92 Å². The van der Waals surface area contributed by atoms with Gasteiger partial charge in [-0.15, -0.1) is 0 Å². The molecule has 0 N–H and O–H groups in total. The molecule has 0 aromatic heterocycles. The molecule has 0 bridgehead atoms. The Balaban J connectivity index is 2.68. The van der Waals surface area contributed by atoms with Crippen molar-refractivity contribution < 1.29 is 66.1 Å². The first-order chi connectivity index (χ1) is 31.3. The molecule has 2 aromatic carbocycles. The monoisotopic (exact) mass is 949 g/mol. The molecular weight excluding hydrogens is 865 g/mol. The molecule has 0 spiro atoms. The molecule has 0 aliphatic rings. The van der Waals surface area contributed by atoms with E-state index in [0.717, 1.165) is 34.4 Å². The van der Waals surface area contributed by atoms with Crippen LogP contribution in [0.25, 0.3) is 0 Å². The second kappa shape index (κ2) is 30.3. The quantitative estimate of drug-likeness (QED) is 0.0216. The molecule has 376 valence electrons. The van der Waals surface area contributed by atoms with Crippen molar-refractivity contribution in [2.75, 3.05) is 75.7 Å². The van der Waals surface area contributed by atoms with Crippen molar-refractivity contribution in [3.63, 3.8) is 0 Å². The molecule has 2 rings (SSSR count). The summed E-state index contributed by atoms with van der Waals surface area (Å²) in [5.74, 6) is -0.0175. The van der Waals surface area contributed by atoms with Crippen LogP contribution in [0.1, 0.15) is 97.8 Å². The van der Waals surface area contributed by atoms with Crippen LogP contribution in [-0.2, 0) is 79.8 Å². The van der Waals surface area contributed by atoms with Crippen molar-refractivity contribution in [2.45, 2.75) is 148 Å². The third-order valence-electron chi connectivity index (χ3n) is 12.3. The zero-order valence-corrected chi connectivity index (χ0v) is 43.9. The fourth-order valence-corrected chi connectivity index (χ4v) is 8.41. The minimum atomic E-state index is -2.42. The molecule has 0 unspecified atom stereocenters. The van der Waals surface area contributed by atoms with Crippen LogP contribution in [0, 0.1) is 5.92 Å². The summed E-state index contributed by atoms with van der Waals surface area (Å²) in [6, 6.07) is 15.9. The number of ether oxygens (including phenoxy) is 11. The molecule has 0 aliphatic carbocycles. The number of carbonyl (C=O) groups excluding carboxylic acids is 2. The van der Waals surface area contributed by atoms with E-state index < -0.39 is 38.0 Å². The van der Waals surface area contributed by atoms with Crippen LogP contribution in [-0.4, -0.2) is 127 Å². The zero-order valence-electron chi connectivity index (χ0n) is 42.9. The highest BCUT2D eigenvalue weighted by atomic mass is 28.4. The van der Waals surface area contributed by atoms with Gasteiger partial charge < -0.3 is 56.5 Å². The summed E-state index contributed by atoms with van der Waals surface area (Å²) in [5.41, 5.74) is 3.15. The van der Waals surface area contributed by atoms with Gasteiger partial charge in [-0.25, -0.2) is 4.79 Å². The Morgan fingerprint density at radius 3 is 2.05 bits per heavy atom. The molecule has 2 aromatic rings. The summed E-state index contributed by atoms with van der Waals surface area (Å²) in [5, 5.41) is -0.110. The van der Waals surface area contributed by atoms with Crippen molar-refractivity contribution in [1.29, 1.82) is 0 Å². The van der Waals surface area contributed by atoms with Crippen LogP contribution in [0.3, 0.4) is 0 Å². The molecule has 15 heteroatoms. The van der Waals surface area contributed by atoms with Gasteiger partial charge in [-0.1, -0.05) is 90.9 Å². The summed E-state index contributed by atoms with van der Waals surface area (Å²) >= 11 is 0. The molecule has 0 fully saturated rings. The molecule has 6 atom stereocenters. The predicted octanol–water partition coefficient (Wildman–Crippen LogP) is 9.35. The van der Waals surface area contributed by atoms with Gasteiger partial charge in [0.25, 0.3) is 0 Å². The van der Waals surface area contributed by atoms with Gasteiger partial charge in [0, 0.05) is 58.3 Å². The van der Waals surface area contributed by atoms with E-state index in [1.54, 1.807) is 21.1 Å². The molecule has 0 radical (unpaired) electrons. The minimum Gasteiger partial charge on any atom is -0.497 e. The lowest BCUT2D eigenvalue weighted by Crippen LogP contribution is -2.48. The number of hydrogen-bond acceptors (Lipinski definition) is 14. The van der Waals surface area contributed by atoms with Gasteiger partial charge in [-0.05, 0) is 65.9 Å². The Bertz CT molecular complexity index is 1690. The normalized spacial score (nSPS) is 15.4. The standard InChI is InChI=1S/C51H84O14Si/c1-16-38(32-60-36-59-26-25-54-9)27-37(3)44(61-33-39-21-23-42(57-12)24-22-39)30-43(65-66(14,15)50(4,5)6)31-46(64-47(52)17-2)51(7,8)41-20-18-19-40(28-41)29-45(62-34-55-10)48(49(53)58-13)63-35-56-11/h18-24,27-28,38,43-46,48H,16-17,25-26,29-36H2,1-15H3/b37-27-/t38-,43-,44+,45-,46+,48+/m1/s1. The Morgan fingerprint density at radius 2 is 1.45 bits per heavy atom. The van der Waals surface area contributed by atoms with Gasteiger partial charge in [0.2, 0.25) is 0 Å². The molecule has 0 heterocycles. The predicted molar refractivity (Wildman–Crippen MR) is 258 cm³/mol. The van der Waals surface area contributed by atoms with Crippen molar-refractivity contribution in [1.82, 2.24) is 0 Å². The van der Waals surface area contributed by atoms with Gasteiger partial charge >= 0.3 is 11.9 Å². The van der Waals surface area contributed by atoms with Gasteiger partial charge in [0.05, 0.1) is 52.9 Å². The van der Waals surface area contributed by atoms with E-state index in [1.165, 1.54) is 21.3 Å². The smallest absolute Gasteiger partial charge is 0.337 e. The van der Waals surface area contributed by atoms with Crippen molar-refractivity contribution in [3.8, 4) is 5.75 Å². The Kier molecular flexibility index (Phi) is 27.0. The molecule has 66 heavy (non-hydrogen) atoms. The van der Waals surface area contributed by atoms with Gasteiger partial charge in [-0.2, -0.15) is 0 Å². The lowest BCUT2D eigenvalue weighted by molar-refractivity contribution is -0.187. The fraction of sp³-hybridized carbons (Fsp3) is 0.686. The van der Waals surface area contributed by atoms with E-state index >= 15 is 0 Å². The highest BCUT2D eigenvalue weighted by Gasteiger charge is 2.43. The summed E-state index contributed by atoms with van der Waals surface area (Å²) in [6.45, 7) is 23.2. The van der Waals surface area contributed by atoms with E-state index in [4.69, 9.17) is 56.5 Å². The first-order valence-corrected chi connectivity index (χ1v) is 26.0. The fourth-order valence-electron chi connectivity index (χ4n) is 7.03. The maximum Gasteiger partial charge on any atom is 0.337 e. The third-order valence-corrected chi connectivity index (χ3v) is 16.8. The van der Waals surface area contributed by atoms with Crippen molar-refractivity contribution >= 4 is 20.3 Å². The molecule has 0 aliphatic heterocycles. The van der Waals surface area contributed by atoms with Gasteiger partial charge in [0.15, 0.2) is 14.4 Å². The van der Waals surface area contributed by atoms with E-state index in [1.807, 2.05) is 42.5 Å². The van der Waals surface area contributed by atoms with E-state index in [9.17, 15) is 9.59 Å². The number of carbonyl (C=O) groups is 2. The lowest BCUT2D eigenvalue weighted by atomic mass is 9.76. The Labute approximate surface area is 397 Å². The Hall–Kier alpha value is -3.22. The highest BCUT2D eigenvalue weighted by molar-refractivity contribution is 6.74. The van der Waals surface area contributed by atoms with Gasteiger partial charge in [-0.3, -0.25) is 4.79 Å². The van der Waals surface area contributed by atoms with Crippen molar-refractivity contribution in [3.05, 3.63) is 76.9 Å². The Morgan fingerprint density at radius 1 is 0.773 bits per heavy atom. The third kappa shape index (κ3) is 20.2. The number of methoxy groups -OCH3 is 5. The minimum absolute atomic E-state index is 0.0685. The first-order valence-electron chi connectivity index (χ1n) is 23.1. The molecule has 0 saturated carbocycles. The molecular formula is C51H84O14Si. The average Bonchev–Trinajstić information content (AvgIpc) is 3.29. The summed E-state index contributed by atoms with van der Waals surface area (Å²) in [6.07, 6.45) is 1.34. The first kappa shape index (κ1) is 58.9. The van der Waals surface area contributed by atoms with E-state index in [-0.39, 0.29) is 62.4 Å². The average molecular weight is 949 g/mol. The van der Waals surface area contributed by atoms with Crippen LogP contribution in [0.5, 0.6) is 5.75 Å². The van der Waals surface area contributed by atoms with E-state index in [2.05, 4.69) is 73.7 Å². The van der Waals surface area contributed by atoms with Crippen LogP contribution in [0.4, 0.5) is 0 Å². The maximum absolute atomic E-state index is 13.4. The van der Waals surface area contributed by atoms with E-state index in [0.29, 0.717) is 39.3 Å². The number of esters is 2. The topological polar surface area (TPSA) is 145 Å². The SMILES string of the molecule is CCC(=O)O[C@@H](C[C@@H](C[C@H](OCc1ccc(OC)cc1)/C(C)=C\[C@@H](CC)COCOCCOC)O[Si](C)(C)C(C)(C)C)C(C)(C)c1cccc(C[C@@H](OCOC)[C@H](OCOC)C(=O)OC)c1. The second-order valence-corrected chi connectivity index (χ2v) is 23.4. The summed E-state index contributed by atoms with van der Waals surface area (Å²) in [7, 11) is 5.16. The van der Waals surface area contributed by atoms with Crippen LogP contribution in [0.2, 0.25) is 18.1 Å². The number of hydrogen-bond donors (Lipinski definition) is 0. The maximum atomic E-state index is 13.4. The summed E-state index contributed by atoms with van der Waals surface area (Å²) < 4.78 is 69.9. The molecule has 0 saturated heterocycles.